The fraction of sp³-hybridized carbons (Fsp3) is 0.517. The van der Waals surface area contributed by atoms with Gasteiger partial charge in [0.05, 0.1) is 36.6 Å². The van der Waals surface area contributed by atoms with Crippen LogP contribution in [0, 0.1) is 12.8 Å². The summed E-state index contributed by atoms with van der Waals surface area (Å²) in [5.41, 5.74) is -8.11. The lowest BCUT2D eigenvalue weighted by molar-refractivity contribution is -0.238. The van der Waals surface area contributed by atoms with E-state index in [4.69, 9.17) is 4.74 Å². The Hall–Kier alpha value is -3.65. The molecule has 0 saturated heterocycles. The second kappa shape index (κ2) is 11.4. The summed E-state index contributed by atoms with van der Waals surface area (Å²) in [5, 5.41) is 0. The highest BCUT2D eigenvalue weighted by molar-refractivity contribution is 5.91. The zero-order valence-corrected chi connectivity index (χ0v) is 24.0. The van der Waals surface area contributed by atoms with E-state index < -0.39 is 89.5 Å². The monoisotopic (exact) mass is 640 g/mol. The summed E-state index contributed by atoms with van der Waals surface area (Å²) in [7, 11) is 0.746. The van der Waals surface area contributed by atoms with Gasteiger partial charge in [0.25, 0.3) is 0 Å². The van der Waals surface area contributed by atoms with Gasteiger partial charge >= 0.3 is 30.7 Å². The van der Waals surface area contributed by atoms with Gasteiger partial charge in [-0.1, -0.05) is 12.1 Å². The van der Waals surface area contributed by atoms with Crippen molar-refractivity contribution in [3.8, 4) is 0 Å². The number of halogens is 9. The Balaban J connectivity index is 2.00. The van der Waals surface area contributed by atoms with Crippen molar-refractivity contribution in [2.24, 2.45) is 5.92 Å². The van der Waals surface area contributed by atoms with Crippen LogP contribution in [0.1, 0.15) is 60.9 Å². The van der Waals surface area contributed by atoms with Crippen molar-refractivity contribution in [2.75, 3.05) is 12.0 Å². The molecule has 1 aliphatic heterocycles. The summed E-state index contributed by atoms with van der Waals surface area (Å²) in [6.45, 7) is 3.32. The number of hydrogen-bond donors (Lipinski definition) is 0. The molecule has 0 bridgehead atoms. The highest BCUT2D eigenvalue weighted by atomic mass is 19.4. The van der Waals surface area contributed by atoms with Crippen LogP contribution in [0.15, 0.2) is 36.4 Å². The van der Waals surface area contributed by atoms with E-state index in [2.05, 4.69) is 4.74 Å². The van der Waals surface area contributed by atoms with Crippen molar-refractivity contribution in [3.05, 3.63) is 64.2 Å². The maximum atomic E-state index is 15.6. The van der Waals surface area contributed by atoms with Gasteiger partial charge in [-0.15, -0.1) is 0 Å². The highest BCUT2D eigenvalue weighted by Crippen LogP contribution is 2.58. The first kappa shape index (κ1) is 33.2. The Kier molecular flexibility index (Phi) is 8.59. The number of benzene rings is 2. The number of rotatable bonds is 5. The number of nitrogens with zero attached hydrogens (tertiary/aromatic N) is 2. The minimum Gasteiger partial charge on any atom is -0.453 e. The molecule has 0 spiro atoms. The molecule has 15 heteroatoms. The highest BCUT2D eigenvalue weighted by Gasteiger charge is 2.67. The topological polar surface area (TPSA) is 59.1 Å². The normalized spacial score (nSPS) is 20.8. The first-order chi connectivity index (χ1) is 20.2. The van der Waals surface area contributed by atoms with Crippen LogP contribution in [-0.4, -0.2) is 42.5 Å². The second-order valence-electron chi connectivity index (χ2n) is 11.3. The van der Waals surface area contributed by atoms with Gasteiger partial charge in [0.1, 0.15) is 0 Å². The summed E-state index contributed by atoms with van der Waals surface area (Å²) in [4.78, 5) is 27.7. The number of carbonyl (C=O) groups excluding carboxylic acids is 2. The van der Waals surface area contributed by atoms with E-state index in [1.54, 1.807) is 20.8 Å². The van der Waals surface area contributed by atoms with Crippen molar-refractivity contribution >= 4 is 17.9 Å². The maximum absolute atomic E-state index is 15.6. The van der Waals surface area contributed by atoms with E-state index in [1.807, 2.05) is 0 Å². The van der Waals surface area contributed by atoms with Crippen LogP contribution < -0.4 is 4.90 Å². The van der Waals surface area contributed by atoms with Crippen molar-refractivity contribution in [2.45, 2.75) is 82.8 Å². The first-order valence-electron chi connectivity index (χ1n) is 13.5. The molecule has 1 saturated carbocycles. The zero-order chi connectivity index (χ0) is 33.0. The molecule has 1 heterocycles. The Morgan fingerprint density at radius 2 is 1.52 bits per heavy atom. The Morgan fingerprint density at radius 3 is 1.98 bits per heavy atom. The van der Waals surface area contributed by atoms with Gasteiger partial charge < -0.3 is 9.47 Å². The number of aryl methyl sites for hydroxylation is 1. The molecule has 2 aromatic rings. The van der Waals surface area contributed by atoms with Crippen LogP contribution >= 0.6 is 0 Å². The predicted octanol–water partition coefficient (Wildman–Crippen LogP) is 8.59. The molecule has 242 valence electrons. The molecule has 2 atom stereocenters. The Bertz CT molecular complexity index is 1380. The number of methoxy groups -OCH3 is 1. The third kappa shape index (κ3) is 6.27. The predicted molar refractivity (Wildman–Crippen MR) is 139 cm³/mol. The molecule has 2 unspecified atom stereocenters. The molecule has 0 N–H and O–H groups in total. The van der Waals surface area contributed by atoms with Gasteiger partial charge in [0.2, 0.25) is 0 Å². The van der Waals surface area contributed by atoms with Gasteiger partial charge in [-0.3, -0.25) is 9.80 Å². The first-order valence-corrected chi connectivity index (χ1v) is 13.5. The second-order valence-corrected chi connectivity index (χ2v) is 11.3. The van der Waals surface area contributed by atoms with Gasteiger partial charge in [-0.2, -0.15) is 39.5 Å². The van der Waals surface area contributed by atoms with E-state index in [9.17, 15) is 35.9 Å². The van der Waals surface area contributed by atoms with E-state index in [0.29, 0.717) is 18.4 Å². The number of alkyl halides is 9. The average Bonchev–Trinajstić information content (AvgIpc) is 3.73. The van der Waals surface area contributed by atoms with E-state index in [-0.39, 0.29) is 28.8 Å². The summed E-state index contributed by atoms with van der Waals surface area (Å²) >= 11 is 0. The minimum absolute atomic E-state index is 0.108. The lowest BCUT2D eigenvalue weighted by Gasteiger charge is -2.52. The molecule has 1 aliphatic carbocycles. The smallest absolute Gasteiger partial charge is 0.416 e. The van der Waals surface area contributed by atoms with Crippen LogP contribution in [0.5, 0.6) is 0 Å². The standard InChI is InChI=1S/C29H29F9N2O4/c1-15(2)44-25(42)40-22-9-16(3)5-8-21(22)26(29(36,37)38,13-23(40)18-6-7-18)39(24(41)43-4)14-17-10-19(27(30,31)32)12-20(11-17)28(33,34)35/h5,8-12,15,18,23H,6-7,13-14H2,1-4H3. The van der Waals surface area contributed by atoms with Crippen molar-refractivity contribution in [1.82, 2.24) is 4.90 Å². The minimum atomic E-state index is -5.35. The molecule has 44 heavy (non-hydrogen) atoms. The number of hydrogen-bond acceptors (Lipinski definition) is 4. The Labute approximate surface area is 246 Å². The molecule has 2 aromatic carbocycles. The number of amides is 2. The van der Waals surface area contributed by atoms with Crippen LogP contribution in [0.2, 0.25) is 0 Å². The summed E-state index contributed by atoms with van der Waals surface area (Å²) in [6.07, 6.45) is -19.2. The fourth-order valence-electron chi connectivity index (χ4n) is 5.66. The molecule has 0 aromatic heterocycles. The third-order valence-corrected chi connectivity index (χ3v) is 7.71. The average molecular weight is 641 g/mol. The lowest BCUT2D eigenvalue weighted by atomic mass is 9.75. The van der Waals surface area contributed by atoms with Gasteiger partial charge in [0.15, 0.2) is 5.54 Å². The van der Waals surface area contributed by atoms with E-state index in [0.717, 1.165) is 18.1 Å². The molecule has 2 amide bonds. The molecular weight excluding hydrogens is 611 g/mol. The third-order valence-electron chi connectivity index (χ3n) is 7.71. The van der Waals surface area contributed by atoms with Crippen molar-refractivity contribution in [1.29, 1.82) is 0 Å². The molecular formula is C29H29F9N2O4. The lowest BCUT2D eigenvalue weighted by Crippen LogP contribution is -2.64. The number of fused-ring (bicyclic) bond motifs is 1. The van der Waals surface area contributed by atoms with Gasteiger partial charge in [-0.25, -0.2) is 9.59 Å². The van der Waals surface area contributed by atoms with Gasteiger partial charge in [-0.05, 0) is 74.9 Å². The molecule has 4 rings (SSSR count). The quantitative estimate of drug-likeness (QED) is 0.307. The van der Waals surface area contributed by atoms with Crippen molar-refractivity contribution in [3.63, 3.8) is 0 Å². The van der Waals surface area contributed by atoms with Gasteiger partial charge in [0, 0.05) is 18.0 Å². The molecule has 0 radical (unpaired) electrons. The maximum Gasteiger partial charge on any atom is 0.416 e. The molecule has 6 nitrogen and oxygen atoms in total. The summed E-state index contributed by atoms with van der Waals surface area (Å²) in [6, 6.07) is 2.82. The molecule has 2 aliphatic rings. The van der Waals surface area contributed by atoms with Crippen molar-refractivity contribution < 1.29 is 58.6 Å². The molecule has 1 fully saturated rings. The number of ether oxygens (including phenoxy) is 2. The number of carbonyl (C=O) groups is 2. The SMILES string of the molecule is COC(=O)N(Cc1cc(C(F)(F)F)cc(C(F)(F)F)c1)C1(C(F)(F)F)CC(C2CC2)N(C(=O)OC(C)C)c2cc(C)ccc21. The van der Waals surface area contributed by atoms with Crippen LogP contribution in [0.25, 0.3) is 0 Å². The zero-order valence-electron chi connectivity index (χ0n) is 24.0. The van der Waals surface area contributed by atoms with Crippen LogP contribution in [0.3, 0.4) is 0 Å². The van der Waals surface area contributed by atoms with Crippen LogP contribution in [-0.2, 0) is 33.9 Å². The fourth-order valence-corrected chi connectivity index (χ4v) is 5.66. The number of anilines is 1. The van der Waals surface area contributed by atoms with E-state index in [1.165, 1.54) is 12.1 Å². The van der Waals surface area contributed by atoms with Crippen LogP contribution in [0.4, 0.5) is 54.8 Å². The summed E-state index contributed by atoms with van der Waals surface area (Å²) in [5.74, 6) is -0.449. The van der Waals surface area contributed by atoms with E-state index >= 15 is 13.2 Å². The largest absolute Gasteiger partial charge is 0.453 e. The Morgan fingerprint density at radius 1 is 0.955 bits per heavy atom. The summed E-state index contributed by atoms with van der Waals surface area (Å²) < 4.78 is 138.